The van der Waals surface area contributed by atoms with Crippen molar-refractivity contribution in [1.29, 1.82) is 0 Å². The van der Waals surface area contributed by atoms with Gasteiger partial charge in [0.1, 0.15) is 5.76 Å². The van der Waals surface area contributed by atoms with E-state index in [4.69, 9.17) is 4.52 Å². The van der Waals surface area contributed by atoms with Gasteiger partial charge in [-0.1, -0.05) is 17.3 Å². The van der Waals surface area contributed by atoms with E-state index in [0.717, 1.165) is 35.7 Å². The number of rotatable bonds is 4. The Hall–Kier alpha value is -1.09. The van der Waals surface area contributed by atoms with E-state index in [1.165, 1.54) is 0 Å². The zero-order chi connectivity index (χ0) is 9.84. The normalized spacial score (nSPS) is 10.4. The van der Waals surface area contributed by atoms with E-state index in [9.17, 15) is 0 Å². The number of aryl methyl sites for hydroxylation is 2. The molecule has 0 aliphatic heterocycles. The minimum absolute atomic E-state index is 0.800. The van der Waals surface area contributed by atoms with E-state index in [0.29, 0.717) is 0 Å². The zero-order valence-electron chi connectivity index (χ0n) is 8.48. The van der Waals surface area contributed by atoms with Crippen molar-refractivity contribution in [3.63, 3.8) is 0 Å². The molecule has 1 heterocycles. The molecule has 0 aromatic carbocycles. The summed E-state index contributed by atoms with van der Waals surface area (Å²) in [6.45, 7) is 11.3. The maximum atomic E-state index is 5.04. The molecule has 0 unspecified atom stereocenters. The monoisotopic (exact) mass is 180 g/mol. The molecule has 0 fully saturated rings. The predicted molar refractivity (Wildman–Crippen MR) is 52.5 cm³/mol. The third-order valence-electron chi connectivity index (χ3n) is 1.91. The SMILES string of the molecule is C=C(C)CNCc1c(C)noc1C. The summed E-state index contributed by atoms with van der Waals surface area (Å²) in [5, 5.41) is 7.15. The van der Waals surface area contributed by atoms with Gasteiger partial charge in [0, 0.05) is 18.7 Å². The number of aromatic nitrogens is 1. The topological polar surface area (TPSA) is 38.1 Å². The molecule has 0 atom stereocenters. The van der Waals surface area contributed by atoms with E-state index in [-0.39, 0.29) is 0 Å². The van der Waals surface area contributed by atoms with Crippen LogP contribution in [0.1, 0.15) is 23.9 Å². The second-order valence-corrected chi connectivity index (χ2v) is 3.36. The molecule has 0 radical (unpaired) electrons. The lowest BCUT2D eigenvalue weighted by Crippen LogP contribution is -2.15. The molecule has 13 heavy (non-hydrogen) atoms. The molecule has 1 rings (SSSR count). The van der Waals surface area contributed by atoms with Gasteiger partial charge in [0.2, 0.25) is 0 Å². The standard InChI is InChI=1S/C10H16N2O/c1-7(2)5-11-6-10-8(3)12-13-9(10)4/h11H,1,5-6H2,2-4H3. The van der Waals surface area contributed by atoms with Gasteiger partial charge in [-0.2, -0.15) is 0 Å². The van der Waals surface area contributed by atoms with Crippen molar-refractivity contribution < 1.29 is 4.52 Å². The average Bonchev–Trinajstić information content (AvgIpc) is 2.34. The minimum atomic E-state index is 0.800. The summed E-state index contributed by atoms with van der Waals surface area (Å²) in [6, 6.07) is 0. The van der Waals surface area contributed by atoms with Crippen LogP contribution in [0.5, 0.6) is 0 Å². The van der Waals surface area contributed by atoms with Gasteiger partial charge in [-0.3, -0.25) is 0 Å². The maximum Gasteiger partial charge on any atom is 0.138 e. The van der Waals surface area contributed by atoms with Crippen LogP contribution in [-0.4, -0.2) is 11.7 Å². The highest BCUT2D eigenvalue weighted by molar-refractivity contribution is 5.20. The Labute approximate surface area is 78.8 Å². The van der Waals surface area contributed by atoms with Gasteiger partial charge in [-0.05, 0) is 20.8 Å². The van der Waals surface area contributed by atoms with Crippen molar-refractivity contribution >= 4 is 0 Å². The first-order valence-electron chi connectivity index (χ1n) is 4.38. The lowest BCUT2D eigenvalue weighted by molar-refractivity contribution is 0.392. The number of nitrogens with zero attached hydrogens (tertiary/aromatic N) is 1. The Balaban J connectivity index is 2.49. The smallest absolute Gasteiger partial charge is 0.138 e. The Morgan fingerprint density at radius 1 is 1.54 bits per heavy atom. The zero-order valence-corrected chi connectivity index (χ0v) is 8.48. The molecular weight excluding hydrogens is 164 g/mol. The van der Waals surface area contributed by atoms with E-state index in [1.54, 1.807) is 0 Å². The highest BCUT2D eigenvalue weighted by atomic mass is 16.5. The maximum absolute atomic E-state index is 5.04. The van der Waals surface area contributed by atoms with Crippen LogP contribution in [0.3, 0.4) is 0 Å². The highest BCUT2D eigenvalue weighted by Gasteiger charge is 2.07. The molecule has 3 heteroatoms. The minimum Gasteiger partial charge on any atom is -0.361 e. The summed E-state index contributed by atoms with van der Waals surface area (Å²) in [5.74, 6) is 0.895. The van der Waals surface area contributed by atoms with Crippen LogP contribution in [0, 0.1) is 13.8 Å². The number of hydrogen-bond acceptors (Lipinski definition) is 3. The van der Waals surface area contributed by atoms with Crippen molar-refractivity contribution in [3.8, 4) is 0 Å². The van der Waals surface area contributed by atoms with Crippen LogP contribution in [0.15, 0.2) is 16.7 Å². The van der Waals surface area contributed by atoms with Crippen molar-refractivity contribution in [2.45, 2.75) is 27.3 Å². The van der Waals surface area contributed by atoms with Crippen molar-refractivity contribution in [1.82, 2.24) is 10.5 Å². The molecule has 0 spiro atoms. The molecular formula is C10H16N2O. The molecule has 0 bridgehead atoms. The molecule has 0 aliphatic carbocycles. The molecule has 0 saturated carbocycles. The highest BCUT2D eigenvalue weighted by Crippen LogP contribution is 2.11. The van der Waals surface area contributed by atoms with Crippen LogP contribution in [0.4, 0.5) is 0 Å². The van der Waals surface area contributed by atoms with Gasteiger partial charge in [0.25, 0.3) is 0 Å². The van der Waals surface area contributed by atoms with Gasteiger partial charge >= 0.3 is 0 Å². The molecule has 0 aliphatic rings. The first-order chi connectivity index (χ1) is 6.11. The van der Waals surface area contributed by atoms with Gasteiger partial charge in [0.05, 0.1) is 5.69 Å². The summed E-state index contributed by atoms with van der Waals surface area (Å²) < 4.78 is 5.04. The molecule has 72 valence electrons. The lowest BCUT2D eigenvalue weighted by Gasteiger charge is -2.02. The molecule has 1 N–H and O–H groups in total. The van der Waals surface area contributed by atoms with Crippen molar-refractivity contribution in [2.24, 2.45) is 0 Å². The average molecular weight is 180 g/mol. The quantitative estimate of drug-likeness (QED) is 0.720. The first kappa shape index (κ1) is 9.99. The Bertz CT molecular complexity index is 282. The summed E-state index contributed by atoms with van der Waals surface area (Å²) in [6.07, 6.45) is 0. The van der Waals surface area contributed by atoms with Gasteiger partial charge < -0.3 is 9.84 Å². The molecule has 0 saturated heterocycles. The van der Waals surface area contributed by atoms with E-state index in [1.807, 2.05) is 20.8 Å². The fourth-order valence-electron chi connectivity index (χ4n) is 1.16. The Morgan fingerprint density at radius 3 is 2.69 bits per heavy atom. The summed E-state index contributed by atoms with van der Waals surface area (Å²) in [5.41, 5.74) is 3.25. The van der Waals surface area contributed by atoms with Crippen molar-refractivity contribution in [2.75, 3.05) is 6.54 Å². The third kappa shape index (κ3) is 2.70. The van der Waals surface area contributed by atoms with Gasteiger partial charge in [-0.15, -0.1) is 0 Å². The largest absolute Gasteiger partial charge is 0.361 e. The third-order valence-corrected chi connectivity index (χ3v) is 1.91. The molecule has 1 aromatic rings. The molecule has 3 nitrogen and oxygen atoms in total. The van der Waals surface area contributed by atoms with Crippen LogP contribution in [0.25, 0.3) is 0 Å². The lowest BCUT2D eigenvalue weighted by atomic mass is 10.2. The second-order valence-electron chi connectivity index (χ2n) is 3.36. The second kappa shape index (κ2) is 4.23. The fraction of sp³-hybridized carbons (Fsp3) is 0.500. The van der Waals surface area contributed by atoms with Crippen LogP contribution >= 0.6 is 0 Å². The summed E-state index contributed by atoms with van der Waals surface area (Å²) in [4.78, 5) is 0. The molecule has 1 aromatic heterocycles. The van der Waals surface area contributed by atoms with Gasteiger partial charge in [0.15, 0.2) is 0 Å². The van der Waals surface area contributed by atoms with E-state index < -0.39 is 0 Å². The van der Waals surface area contributed by atoms with E-state index in [2.05, 4.69) is 17.1 Å². The summed E-state index contributed by atoms with van der Waals surface area (Å²) >= 11 is 0. The van der Waals surface area contributed by atoms with Gasteiger partial charge in [-0.25, -0.2) is 0 Å². The number of hydrogen-bond donors (Lipinski definition) is 1. The number of nitrogens with one attached hydrogen (secondary N) is 1. The van der Waals surface area contributed by atoms with E-state index >= 15 is 0 Å². The summed E-state index contributed by atoms with van der Waals surface area (Å²) in [7, 11) is 0. The van der Waals surface area contributed by atoms with Crippen molar-refractivity contribution in [3.05, 3.63) is 29.2 Å². The van der Waals surface area contributed by atoms with Crippen LogP contribution in [-0.2, 0) is 6.54 Å². The first-order valence-corrected chi connectivity index (χ1v) is 4.38. The Kier molecular flexibility index (Phi) is 3.25. The predicted octanol–water partition coefficient (Wildman–Crippen LogP) is 1.96. The van der Waals surface area contributed by atoms with Crippen LogP contribution < -0.4 is 5.32 Å². The van der Waals surface area contributed by atoms with Crippen LogP contribution in [0.2, 0.25) is 0 Å². The Morgan fingerprint density at radius 2 is 2.23 bits per heavy atom. The molecule has 0 amide bonds. The fourth-order valence-corrected chi connectivity index (χ4v) is 1.16.